The molecule has 5 rings (SSSR count). The smallest absolute Gasteiger partial charge is 0.350 e. The van der Waals surface area contributed by atoms with Crippen molar-refractivity contribution in [2.45, 2.75) is 12.1 Å². The molecule has 0 aliphatic carbocycles. The van der Waals surface area contributed by atoms with Gasteiger partial charge in [0, 0.05) is 24.8 Å². The highest BCUT2D eigenvalue weighted by atomic mass is 35.5. The molecule has 0 spiro atoms. The van der Waals surface area contributed by atoms with E-state index in [0.717, 1.165) is 33.8 Å². The van der Waals surface area contributed by atoms with Crippen molar-refractivity contribution >= 4 is 17.4 Å². The lowest BCUT2D eigenvalue weighted by Crippen LogP contribution is -2.62. The molecule has 0 amide bonds. The first kappa shape index (κ1) is 25.3. The summed E-state index contributed by atoms with van der Waals surface area (Å²) in [4.78, 5) is 18.8. The maximum absolute atomic E-state index is 15.0. The van der Waals surface area contributed by atoms with E-state index in [-0.39, 0.29) is 34.3 Å². The van der Waals surface area contributed by atoms with E-state index in [1.165, 1.54) is 37.6 Å². The van der Waals surface area contributed by atoms with Gasteiger partial charge in [0.1, 0.15) is 34.9 Å². The van der Waals surface area contributed by atoms with Crippen molar-refractivity contribution in [3.63, 3.8) is 0 Å². The van der Waals surface area contributed by atoms with Crippen LogP contribution in [0.4, 0.5) is 19.0 Å². The van der Waals surface area contributed by atoms with Gasteiger partial charge in [-0.3, -0.25) is 4.57 Å². The quantitative estimate of drug-likeness (QED) is 0.347. The predicted octanol–water partition coefficient (Wildman–Crippen LogP) is 4.07. The van der Waals surface area contributed by atoms with Gasteiger partial charge in [-0.1, -0.05) is 17.7 Å². The van der Waals surface area contributed by atoms with Crippen LogP contribution in [0, 0.1) is 28.8 Å². The van der Waals surface area contributed by atoms with Gasteiger partial charge in [0.05, 0.1) is 31.5 Å². The van der Waals surface area contributed by atoms with Crippen molar-refractivity contribution < 1.29 is 22.6 Å². The highest BCUT2D eigenvalue weighted by Gasteiger charge is 2.44. The van der Waals surface area contributed by atoms with Crippen LogP contribution in [0.2, 0.25) is 5.02 Å². The number of nitrogens with zero attached hydrogens (tertiary/aromatic N) is 6. The second-order valence-corrected chi connectivity index (χ2v) is 8.92. The molecular weight excluding hydrogens is 525 g/mol. The van der Waals surface area contributed by atoms with Crippen molar-refractivity contribution in [3.8, 4) is 23.3 Å². The van der Waals surface area contributed by atoms with Crippen LogP contribution in [-0.4, -0.2) is 45.1 Å². The first-order valence-corrected chi connectivity index (χ1v) is 11.5. The molecule has 0 unspecified atom stereocenters. The maximum Gasteiger partial charge on any atom is 0.350 e. The van der Waals surface area contributed by atoms with E-state index in [4.69, 9.17) is 21.1 Å². The Labute approximate surface area is 218 Å². The van der Waals surface area contributed by atoms with Gasteiger partial charge in [0.25, 0.3) is 0 Å². The van der Waals surface area contributed by atoms with Gasteiger partial charge in [-0.25, -0.2) is 22.9 Å². The Bertz CT molecular complexity index is 1610. The van der Waals surface area contributed by atoms with E-state index in [1.807, 2.05) is 0 Å². The van der Waals surface area contributed by atoms with Crippen LogP contribution in [-0.2, 0) is 11.3 Å². The third kappa shape index (κ3) is 4.57. The molecular formula is C25H18ClF3N6O3. The van der Waals surface area contributed by atoms with Crippen LogP contribution in [0.25, 0.3) is 5.69 Å². The Morgan fingerprint density at radius 1 is 1.11 bits per heavy atom. The fourth-order valence-corrected chi connectivity index (χ4v) is 4.08. The Kier molecular flexibility index (Phi) is 6.56. The topological polar surface area (TPSA) is 98.2 Å². The summed E-state index contributed by atoms with van der Waals surface area (Å²) >= 11 is 6.20. The van der Waals surface area contributed by atoms with Crippen LogP contribution >= 0.6 is 11.6 Å². The van der Waals surface area contributed by atoms with Gasteiger partial charge in [0.15, 0.2) is 22.9 Å². The number of aromatic nitrogens is 4. The second-order valence-electron chi connectivity index (χ2n) is 8.51. The lowest BCUT2D eigenvalue weighted by atomic mass is 9.96. The minimum absolute atomic E-state index is 0.0714. The Morgan fingerprint density at radius 2 is 1.84 bits per heavy atom. The Hall–Kier alpha value is -4.34. The van der Waals surface area contributed by atoms with Gasteiger partial charge >= 0.3 is 5.69 Å². The first-order valence-electron chi connectivity index (χ1n) is 11.2. The summed E-state index contributed by atoms with van der Waals surface area (Å²) in [6, 6.07) is 10.7. The summed E-state index contributed by atoms with van der Waals surface area (Å²) in [6.07, 6.45) is 2.46. The number of hydrogen-bond acceptors (Lipinski definition) is 7. The van der Waals surface area contributed by atoms with Crippen LogP contribution in [0.15, 0.2) is 59.8 Å². The zero-order valence-electron chi connectivity index (χ0n) is 19.7. The Balaban J connectivity index is 1.35. The van der Waals surface area contributed by atoms with Gasteiger partial charge in [-0.05, 0) is 24.3 Å². The molecule has 0 N–H and O–H groups in total. The summed E-state index contributed by atoms with van der Waals surface area (Å²) in [5, 5.41) is 13.3. The molecule has 0 bridgehead atoms. The SMILES string of the molecule is COC1(C#N)CN(c2cc(Oc3ccc(-n4ncn(Cc5c(F)cccc5F)c4=O)cc3F)c(Cl)cn2)C1. The molecule has 3 heterocycles. The molecule has 1 saturated heterocycles. The lowest BCUT2D eigenvalue weighted by Gasteiger charge is -2.44. The fourth-order valence-electron chi connectivity index (χ4n) is 3.94. The normalized spacial score (nSPS) is 14.2. The highest BCUT2D eigenvalue weighted by molar-refractivity contribution is 6.32. The van der Waals surface area contributed by atoms with Crippen molar-refractivity contribution in [3.05, 3.63) is 93.5 Å². The maximum atomic E-state index is 15.0. The van der Waals surface area contributed by atoms with Crippen LogP contribution in [0.3, 0.4) is 0 Å². The minimum Gasteiger partial charge on any atom is -0.453 e. The molecule has 1 aliphatic heterocycles. The summed E-state index contributed by atoms with van der Waals surface area (Å²) in [7, 11) is 1.46. The third-order valence-electron chi connectivity index (χ3n) is 6.12. The van der Waals surface area contributed by atoms with Crippen LogP contribution < -0.4 is 15.3 Å². The van der Waals surface area contributed by atoms with Gasteiger partial charge < -0.3 is 14.4 Å². The molecule has 0 atom stereocenters. The number of anilines is 1. The molecule has 4 aromatic rings. The second kappa shape index (κ2) is 9.85. The van der Waals surface area contributed by atoms with E-state index in [1.54, 1.807) is 4.90 Å². The number of halogens is 4. The number of rotatable bonds is 7. The average Bonchev–Trinajstić information content (AvgIpc) is 3.24. The van der Waals surface area contributed by atoms with Gasteiger partial charge in [-0.15, -0.1) is 0 Å². The molecule has 0 saturated carbocycles. The molecule has 2 aromatic carbocycles. The monoisotopic (exact) mass is 542 g/mol. The van der Waals surface area contributed by atoms with Crippen LogP contribution in [0.1, 0.15) is 5.56 Å². The Morgan fingerprint density at radius 3 is 2.50 bits per heavy atom. The number of hydrogen-bond donors (Lipinski definition) is 0. The van der Waals surface area contributed by atoms with E-state index in [9.17, 15) is 23.2 Å². The summed E-state index contributed by atoms with van der Waals surface area (Å²) in [6.45, 7) is 0.199. The highest BCUT2D eigenvalue weighted by Crippen LogP contribution is 2.36. The summed E-state index contributed by atoms with van der Waals surface area (Å²) in [5.41, 5.74) is -1.86. The number of nitriles is 1. The predicted molar refractivity (Wildman–Crippen MR) is 130 cm³/mol. The van der Waals surface area contributed by atoms with Gasteiger partial charge in [-0.2, -0.15) is 15.0 Å². The van der Waals surface area contributed by atoms with Crippen LogP contribution in [0.5, 0.6) is 11.5 Å². The molecule has 13 heteroatoms. The summed E-state index contributed by atoms with van der Waals surface area (Å²) in [5.74, 6) is -2.00. The molecule has 0 radical (unpaired) electrons. The molecule has 1 fully saturated rings. The van der Waals surface area contributed by atoms with Gasteiger partial charge in [0.2, 0.25) is 0 Å². The van der Waals surface area contributed by atoms with Crippen molar-refractivity contribution in [1.82, 2.24) is 19.3 Å². The molecule has 2 aromatic heterocycles. The third-order valence-corrected chi connectivity index (χ3v) is 6.40. The van der Waals surface area contributed by atoms with E-state index >= 15 is 0 Å². The molecule has 194 valence electrons. The van der Waals surface area contributed by atoms with E-state index in [2.05, 4.69) is 16.2 Å². The number of methoxy groups -OCH3 is 1. The lowest BCUT2D eigenvalue weighted by molar-refractivity contribution is 0.0151. The molecule has 9 nitrogen and oxygen atoms in total. The minimum atomic E-state index is -0.918. The molecule has 1 aliphatic rings. The molecule has 38 heavy (non-hydrogen) atoms. The number of pyridine rings is 1. The van der Waals surface area contributed by atoms with Crippen molar-refractivity contribution in [2.24, 2.45) is 0 Å². The fraction of sp³-hybridized carbons (Fsp3) is 0.200. The first-order chi connectivity index (χ1) is 18.2. The zero-order valence-corrected chi connectivity index (χ0v) is 20.5. The standard InChI is InChI=1S/C25H18ClF3N6O3/c1-37-25(11-30)12-34(13-25)23-8-22(17(26)9-31-23)38-21-6-5-15(7-20(21)29)35-24(36)33(14-32-35)10-16-18(27)3-2-4-19(16)28/h2-9,14H,10,12-13H2,1H3. The van der Waals surface area contributed by atoms with E-state index < -0.39 is 28.7 Å². The number of ether oxygens (including phenoxy) is 2. The van der Waals surface area contributed by atoms with Crippen molar-refractivity contribution in [1.29, 1.82) is 5.26 Å². The number of benzene rings is 2. The van der Waals surface area contributed by atoms with E-state index in [0.29, 0.717) is 18.9 Å². The largest absolute Gasteiger partial charge is 0.453 e. The summed E-state index contributed by atoms with van der Waals surface area (Å²) < 4.78 is 55.7. The zero-order chi connectivity index (χ0) is 27.0. The average molecular weight is 543 g/mol. The van der Waals surface area contributed by atoms with Crippen molar-refractivity contribution in [2.75, 3.05) is 25.1 Å².